The highest BCUT2D eigenvalue weighted by Crippen LogP contribution is 2.41. The van der Waals surface area contributed by atoms with Crippen LogP contribution >= 0.6 is 12.4 Å². The molecule has 1 aromatic carbocycles. The molecule has 1 aromatic rings. The summed E-state index contributed by atoms with van der Waals surface area (Å²) in [5.74, 6) is 1.72. The van der Waals surface area contributed by atoms with Gasteiger partial charge in [0.25, 0.3) is 0 Å². The van der Waals surface area contributed by atoms with Crippen molar-refractivity contribution in [2.75, 3.05) is 19.6 Å². The molecule has 0 radical (unpaired) electrons. The molecule has 3 rings (SSSR count). The van der Waals surface area contributed by atoms with Gasteiger partial charge in [0.05, 0.1) is 0 Å². The third kappa shape index (κ3) is 3.04. The molecule has 0 unspecified atom stereocenters. The Balaban J connectivity index is 0.00000133. The SMILES string of the molecule is C=CCCN1CC[C@H]2c3ccccc3CC[C@H]2C1.Cl. The molecule has 0 aromatic heterocycles. The highest BCUT2D eigenvalue weighted by molar-refractivity contribution is 5.85. The first kappa shape index (κ1) is 14.6. The predicted octanol–water partition coefficient (Wildman–Crippen LogP) is 4.04. The largest absolute Gasteiger partial charge is 0.303 e. The standard InChI is InChI=1S/C17H23N.ClH/c1-2-3-11-18-12-10-17-15(13-18)9-8-14-6-4-5-7-16(14)17;/h2,4-7,15,17H,1,3,8-13H2;1H/t15-,17+;/m0./s1. The molecule has 1 heterocycles. The summed E-state index contributed by atoms with van der Waals surface area (Å²) < 4.78 is 0. The lowest BCUT2D eigenvalue weighted by molar-refractivity contribution is 0.143. The van der Waals surface area contributed by atoms with E-state index < -0.39 is 0 Å². The quantitative estimate of drug-likeness (QED) is 0.754. The maximum atomic E-state index is 3.83. The minimum Gasteiger partial charge on any atom is -0.303 e. The molecule has 1 saturated heterocycles. The van der Waals surface area contributed by atoms with Gasteiger partial charge < -0.3 is 4.90 Å². The molecule has 0 saturated carbocycles. The fraction of sp³-hybridized carbons (Fsp3) is 0.529. The zero-order valence-corrected chi connectivity index (χ0v) is 12.4. The van der Waals surface area contributed by atoms with Gasteiger partial charge in [0.15, 0.2) is 0 Å². The Hall–Kier alpha value is -0.790. The van der Waals surface area contributed by atoms with Crippen LogP contribution in [0.15, 0.2) is 36.9 Å². The molecule has 1 nitrogen and oxygen atoms in total. The molecular formula is C17H24ClN. The van der Waals surface area contributed by atoms with Gasteiger partial charge in [0.2, 0.25) is 0 Å². The third-order valence-corrected chi connectivity index (χ3v) is 4.71. The highest BCUT2D eigenvalue weighted by atomic mass is 35.5. The Kier molecular flexibility index (Phi) is 5.06. The Morgan fingerprint density at radius 2 is 2.11 bits per heavy atom. The molecule has 2 heteroatoms. The number of fused-ring (bicyclic) bond motifs is 3. The molecule has 1 aliphatic carbocycles. The molecule has 104 valence electrons. The van der Waals surface area contributed by atoms with E-state index in [-0.39, 0.29) is 12.4 Å². The second-order valence-corrected chi connectivity index (χ2v) is 5.77. The Morgan fingerprint density at radius 1 is 1.26 bits per heavy atom. The first-order chi connectivity index (χ1) is 8.88. The number of hydrogen-bond acceptors (Lipinski definition) is 1. The van der Waals surface area contributed by atoms with Crippen molar-refractivity contribution in [2.24, 2.45) is 5.92 Å². The van der Waals surface area contributed by atoms with Crippen LogP contribution in [0, 0.1) is 5.92 Å². The monoisotopic (exact) mass is 277 g/mol. The fourth-order valence-electron chi connectivity index (χ4n) is 3.75. The third-order valence-electron chi connectivity index (χ3n) is 4.71. The Morgan fingerprint density at radius 3 is 2.95 bits per heavy atom. The van der Waals surface area contributed by atoms with E-state index in [0.717, 1.165) is 18.3 Å². The van der Waals surface area contributed by atoms with Gasteiger partial charge in [0.1, 0.15) is 0 Å². The molecule has 0 spiro atoms. The minimum atomic E-state index is 0. The van der Waals surface area contributed by atoms with E-state index >= 15 is 0 Å². The number of rotatable bonds is 3. The van der Waals surface area contributed by atoms with E-state index in [1.165, 1.54) is 38.9 Å². The van der Waals surface area contributed by atoms with Gasteiger partial charge >= 0.3 is 0 Å². The van der Waals surface area contributed by atoms with E-state index in [9.17, 15) is 0 Å². The lowest BCUT2D eigenvalue weighted by Gasteiger charge is -2.42. The molecule has 1 fully saturated rings. The van der Waals surface area contributed by atoms with Crippen molar-refractivity contribution in [3.63, 3.8) is 0 Å². The zero-order valence-electron chi connectivity index (χ0n) is 11.6. The van der Waals surface area contributed by atoms with Gasteiger partial charge in [-0.3, -0.25) is 0 Å². The summed E-state index contributed by atoms with van der Waals surface area (Å²) in [6.07, 6.45) is 7.19. The van der Waals surface area contributed by atoms with Crippen molar-refractivity contribution in [2.45, 2.75) is 31.6 Å². The van der Waals surface area contributed by atoms with Crippen LogP contribution in [0.4, 0.5) is 0 Å². The average Bonchev–Trinajstić information content (AvgIpc) is 2.44. The first-order valence-electron chi connectivity index (χ1n) is 7.29. The normalized spacial score (nSPS) is 25.9. The zero-order chi connectivity index (χ0) is 12.4. The van der Waals surface area contributed by atoms with Crippen LogP contribution in [0.5, 0.6) is 0 Å². The smallest absolute Gasteiger partial charge is 0.00159 e. The van der Waals surface area contributed by atoms with Gasteiger partial charge in [-0.1, -0.05) is 30.3 Å². The summed E-state index contributed by atoms with van der Waals surface area (Å²) in [4.78, 5) is 2.64. The lowest BCUT2D eigenvalue weighted by Crippen LogP contribution is -2.41. The van der Waals surface area contributed by atoms with Gasteiger partial charge in [-0.15, -0.1) is 19.0 Å². The summed E-state index contributed by atoms with van der Waals surface area (Å²) >= 11 is 0. The molecular weight excluding hydrogens is 254 g/mol. The number of piperidine rings is 1. The number of aryl methyl sites for hydroxylation is 1. The summed E-state index contributed by atoms with van der Waals surface area (Å²) in [6.45, 7) is 7.60. The van der Waals surface area contributed by atoms with Crippen molar-refractivity contribution in [1.29, 1.82) is 0 Å². The molecule has 0 bridgehead atoms. The van der Waals surface area contributed by atoms with E-state index in [2.05, 4.69) is 35.7 Å². The Bertz CT molecular complexity index is 429. The molecule has 2 aliphatic rings. The summed E-state index contributed by atoms with van der Waals surface area (Å²) in [5.41, 5.74) is 3.26. The van der Waals surface area contributed by atoms with Gasteiger partial charge in [-0.05, 0) is 55.2 Å². The predicted molar refractivity (Wildman–Crippen MR) is 84.1 cm³/mol. The molecule has 2 atom stereocenters. The van der Waals surface area contributed by atoms with Crippen molar-refractivity contribution in [1.82, 2.24) is 4.90 Å². The average molecular weight is 278 g/mol. The first-order valence-corrected chi connectivity index (χ1v) is 7.29. The Labute approximate surface area is 123 Å². The van der Waals surface area contributed by atoms with Crippen LogP contribution in [-0.4, -0.2) is 24.5 Å². The van der Waals surface area contributed by atoms with Crippen molar-refractivity contribution < 1.29 is 0 Å². The van der Waals surface area contributed by atoms with Gasteiger partial charge in [-0.25, -0.2) is 0 Å². The summed E-state index contributed by atoms with van der Waals surface area (Å²) in [6, 6.07) is 9.10. The van der Waals surface area contributed by atoms with Crippen molar-refractivity contribution >= 4 is 12.4 Å². The number of likely N-dealkylation sites (tertiary alicyclic amines) is 1. The second-order valence-electron chi connectivity index (χ2n) is 5.77. The van der Waals surface area contributed by atoms with E-state index in [0.29, 0.717) is 0 Å². The van der Waals surface area contributed by atoms with Crippen LogP contribution < -0.4 is 0 Å². The summed E-state index contributed by atoms with van der Waals surface area (Å²) in [5, 5.41) is 0. The summed E-state index contributed by atoms with van der Waals surface area (Å²) in [7, 11) is 0. The molecule has 19 heavy (non-hydrogen) atoms. The number of benzene rings is 1. The van der Waals surface area contributed by atoms with Crippen LogP contribution in [0.2, 0.25) is 0 Å². The van der Waals surface area contributed by atoms with E-state index in [1.807, 2.05) is 6.08 Å². The molecule has 1 aliphatic heterocycles. The minimum absolute atomic E-state index is 0. The van der Waals surface area contributed by atoms with Crippen LogP contribution in [0.1, 0.15) is 36.3 Å². The van der Waals surface area contributed by atoms with Crippen LogP contribution in [-0.2, 0) is 6.42 Å². The fourth-order valence-corrected chi connectivity index (χ4v) is 3.75. The maximum Gasteiger partial charge on any atom is 0.00159 e. The van der Waals surface area contributed by atoms with E-state index in [4.69, 9.17) is 0 Å². The van der Waals surface area contributed by atoms with Crippen LogP contribution in [0.25, 0.3) is 0 Å². The molecule has 0 N–H and O–H groups in total. The second kappa shape index (κ2) is 6.58. The topological polar surface area (TPSA) is 3.24 Å². The van der Waals surface area contributed by atoms with E-state index in [1.54, 1.807) is 11.1 Å². The maximum absolute atomic E-state index is 3.83. The lowest BCUT2D eigenvalue weighted by atomic mass is 9.71. The molecule has 0 amide bonds. The van der Waals surface area contributed by atoms with Gasteiger partial charge in [0, 0.05) is 13.1 Å². The van der Waals surface area contributed by atoms with Crippen LogP contribution in [0.3, 0.4) is 0 Å². The number of nitrogens with zero attached hydrogens (tertiary/aromatic N) is 1. The van der Waals surface area contributed by atoms with Gasteiger partial charge in [-0.2, -0.15) is 0 Å². The highest BCUT2D eigenvalue weighted by Gasteiger charge is 2.33. The van der Waals surface area contributed by atoms with Crippen molar-refractivity contribution in [3.8, 4) is 0 Å². The number of halogens is 1. The van der Waals surface area contributed by atoms with Crippen molar-refractivity contribution in [3.05, 3.63) is 48.0 Å². The number of hydrogen-bond donors (Lipinski definition) is 0.